The summed E-state index contributed by atoms with van der Waals surface area (Å²) in [6, 6.07) is 9.33. The van der Waals surface area contributed by atoms with Gasteiger partial charge in [0.15, 0.2) is 6.61 Å². The van der Waals surface area contributed by atoms with E-state index in [1.54, 1.807) is 25.1 Å². The van der Waals surface area contributed by atoms with E-state index in [2.05, 4.69) is 5.32 Å². The molecule has 0 radical (unpaired) electrons. The number of furan rings is 1. The van der Waals surface area contributed by atoms with E-state index < -0.39 is 24.4 Å². The van der Waals surface area contributed by atoms with Crippen molar-refractivity contribution in [2.24, 2.45) is 5.73 Å². The van der Waals surface area contributed by atoms with Gasteiger partial charge in [0.05, 0.1) is 11.3 Å². The molecule has 0 unspecified atom stereocenters. The molecule has 0 spiro atoms. The van der Waals surface area contributed by atoms with Crippen LogP contribution in [0.1, 0.15) is 26.7 Å². The first-order chi connectivity index (χ1) is 10.5. The first-order valence-corrected chi connectivity index (χ1v) is 6.39. The van der Waals surface area contributed by atoms with Gasteiger partial charge in [-0.1, -0.05) is 12.1 Å². The Morgan fingerprint density at radius 2 is 1.91 bits per heavy atom. The molecule has 22 heavy (non-hydrogen) atoms. The number of para-hydroxylation sites is 1. The minimum absolute atomic E-state index is 0.0165. The van der Waals surface area contributed by atoms with Gasteiger partial charge in [0.2, 0.25) is 5.76 Å². The first kappa shape index (κ1) is 15.3. The van der Waals surface area contributed by atoms with Gasteiger partial charge in [0.1, 0.15) is 5.76 Å². The average molecular weight is 302 g/mol. The number of anilines is 1. The van der Waals surface area contributed by atoms with Crippen molar-refractivity contribution in [3.8, 4) is 0 Å². The molecule has 0 saturated carbocycles. The number of carbonyl (C=O) groups is 3. The summed E-state index contributed by atoms with van der Waals surface area (Å²) >= 11 is 0. The van der Waals surface area contributed by atoms with Crippen molar-refractivity contribution in [2.45, 2.75) is 6.92 Å². The average Bonchev–Trinajstić information content (AvgIpc) is 2.92. The monoisotopic (exact) mass is 302 g/mol. The fourth-order valence-corrected chi connectivity index (χ4v) is 1.74. The topological polar surface area (TPSA) is 112 Å². The number of aryl methyl sites for hydroxylation is 1. The minimum Gasteiger partial charge on any atom is -0.454 e. The van der Waals surface area contributed by atoms with Gasteiger partial charge in [0.25, 0.3) is 11.8 Å². The van der Waals surface area contributed by atoms with Crippen LogP contribution in [0.3, 0.4) is 0 Å². The summed E-state index contributed by atoms with van der Waals surface area (Å²) in [4.78, 5) is 34.6. The zero-order valence-electron chi connectivity index (χ0n) is 11.8. The zero-order chi connectivity index (χ0) is 16.1. The number of rotatable bonds is 5. The van der Waals surface area contributed by atoms with Crippen LogP contribution in [-0.4, -0.2) is 24.4 Å². The summed E-state index contributed by atoms with van der Waals surface area (Å²) < 4.78 is 9.89. The Bertz CT molecular complexity index is 720. The summed E-state index contributed by atoms with van der Waals surface area (Å²) in [7, 11) is 0. The quantitative estimate of drug-likeness (QED) is 0.812. The molecule has 0 aliphatic carbocycles. The molecule has 0 aliphatic rings. The van der Waals surface area contributed by atoms with Crippen LogP contribution in [-0.2, 0) is 9.53 Å². The summed E-state index contributed by atoms with van der Waals surface area (Å²) in [6.45, 7) is 1.18. The van der Waals surface area contributed by atoms with Crippen molar-refractivity contribution < 1.29 is 23.5 Å². The lowest BCUT2D eigenvalue weighted by molar-refractivity contribution is -0.119. The van der Waals surface area contributed by atoms with E-state index in [4.69, 9.17) is 14.9 Å². The maximum atomic E-state index is 11.8. The Balaban J connectivity index is 1.94. The number of hydrogen-bond acceptors (Lipinski definition) is 5. The number of esters is 1. The molecule has 1 aromatic carbocycles. The van der Waals surface area contributed by atoms with Gasteiger partial charge in [0, 0.05) is 0 Å². The Morgan fingerprint density at radius 1 is 1.18 bits per heavy atom. The highest BCUT2D eigenvalue weighted by Gasteiger charge is 2.15. The molecule has 0 fully saturated rings. The fourth-order valence-electron chi connectivity index (χ4n) is 1.74. The number of nitrogens with one attached hydrogen (secondary N) is 1. The number of amides is 2. The van der Waals surface area contributed by atoms with Crippen molar-refractivity contribution >= 4 is 23.5 Å². The minimum atomic E-state index is -0.744. The molecule has 3 N–H and O–H groups in total. The molecule has 2 amide bonds. The molecular formula is C15H14N2O5. The number of benzene rings is 1. The van der Waals surface area contributed by atoms with Gasteiger partial charge in [-0.05, 0) is 31.2 Å². The number of ether oxygens (including phenoxy) is 1. The maximum Gasteiger partial charge on any atom is 0.374 e. The van der Waals surface area contributed by atoms with Crippen LogP contribution in [0.4, 0.5) is 5.69 Å². The van der Waals surface area contributed by atoms with Gasteiger partial charge in [-0.2, -0.15) is 0 Å². The predicted octanol–water partition coefficient (Wildman–Crippen LogP) is 1.48. The van der Waals surface area contributed by atoms with E-state index in [1.165, 1.54) is 18.2 Å². The molecule has 114 valence electrons. The number of carbonyl (C=O) groups excluding carboxylic acids is 3. The lowest BCUT2D eigenvalue weighted by Crippen LogP contribution is -2.23. The number of nitrogens with two attached hydrogens (primary N) is 1. The third-order valence-corrected chi connectivity index (χ3v) is 2.74. The highest BCUT2D eigenvalue weighted by Crippen LogP contribution is 2.14. The Morgan fingerprint density at radius 3 is 2.55 bits per heavy atom. The third kappa shape index (κ3) is 3.72. The summed E-state index contributed by atoms with van der Waals surface area (Å²) in [5, 5.41) is 2.46. The number of primary amides is 1. The predicted molar refractivity (Wildman–Crippen MR) is 77.3 cm³/mol. The van der Waals surface area contributed by atoms with Gasteiger partial charge < -0.3 is 20.2 Å². The normalized spacial score (nSPS) is 10.0. The second-order valence-electron chi connectivity index (χ2n) is 4.44. The van der Waals surface area contributed by atoms with Gasteiger partial charge in [-0.15, -0.1) is 0 Å². The highest BCUT2D eigenvalue weighted by atomic mass is 16.5. The second-order valence-corrected chi connectivity index (χ2v) is 4.44. The molecule has 2 rings (SSSR count). The fraction of sp³-hybridized carbons (Fsp3) is 0.133. The lowest BCUT2D eigenvalue weighted by atomic mass is 10.1. The second kappa shape index (κ2) is 6.57. The molecular weight excluding hydrogens is 288 g/mol. The van der Waals surface area contributed by atoms with Crippen LogP contribution in [0.25, 0.3) is 0 Å². The van der Waals surface area contributed by atoms with Crippen molar-refractivity contribution in [2.75, 3.05) is 11.9 Å². The van der Waals surface area contributed by atoms with Crippen LogP contribution in [0.2, 0.25) is 0 Å². The van der Waals surface area contributed by atoms with Gasteiger partial charge in [-0.25, -0.2) is 4.79 Å². The van der Waals surface area contributed by atoms with Crippen molar-refractivity contribution in [1.29, 1.82) is 0 Å². The van der Waals surface area contributed by atoms with E-state index in [0.29, 0.717) is 5.76 Å². The first-order valence-electron chi connectivity index (χ1n) is 6.39. The van der Waals surface area contributed by atoms with E-state index in [0.717, 1.165) is 0 Å². The molecule has 0 bridgehead atoms. The molecule has 0 aliphatic heterocycles. The molecule has 1 aromatic heterocycles. The Kier molecular flexibility index (Phi) is 4.57. The molecule has 0 atom stereocenters. The van der Waals surface area contributed by atoms with Gasteiger partial charge in [-0.3, -0.25) is 9.59 Å². The smallest absolute Gasteiger partial charge is 0.374 e. The number of hydrogen-bond donors (Lipinski definition) is 2. The zero-order valence-corrected chi connectivity index (χ0v) is 11.8. The molecule has 1 heterocycles. The maximum absolute atomic E-state index is 11.8. The Labute approximate surface area is 126 Å². The van der Waals surface area contributed by atoms with Crippen LogP contribution in [0.5, 0.6) is 0 Å². The standard InChI is InChI=1S/C15H14N2O5/c1-9-6-7-12(22-9)15(20)21-8-13(18)17-11-5-3-2-4-10(11)14(16)19/h2-7H,8H2,1H3,(H2,16,19)(H,17,18). The highest BCUT2D eigenvalue weighted by molar-refractivity contribution is 6.03. The SMILES string of the molecule is Cc1ccc(C(=O)OCC(=O)Nc2ccccc2C(N)=O)o1. The lowest BCUT2D eigenvalue weighted by Gasteiger charge is -2.08. The van der Waals surface area contributed by atoms with Crippen molar-refractivity contribution in [3.63, 3.8) is 0 Å². The summed E-state index contributed by atoms with van der Waals surface area (Å²) in [5.41, 5.74) is 5.63. The van der Waals surface area contributed by atoms with Crippen LogP contribution >= 0.6 is 0 Å². The van der Waals surface area contributed by atoms with E-state index in [-0.39, 0.29) is 17.0 Å². The van der Waals surface area contributed by atoms with Crippen molar-refractivity contribution in [3.05, 3.63) is 53.5 Å². The summed E-state index contributed by atoms with van der Waals surface area (Å²) in [5.74, 6) is -1.43. The summed E-state index contributed by atoms with van der Waals surface area (Å²) in [6.07, 6.45) is 0. The van der Waals surface area contributed by atoms with Crippen LogP contribution < -0.4 is 11.1 Å². The van der Waals surface area contributed by atoms with Gasteiger partial charge >= 0.3 is 5.97 Å². The molecule has 2 aromatic rings. The molecule has 7 nitrogen and oxygen atoms in total. The molecule has 0 saturated heterocycles. The van der Waals surface area contributed by atoms with Crippen LogP contribution in [0, 0.1) is 6.92 Å². The van der Waals surface area contributed by atoms with Crippen molar-refractivity contribution in [1.82, 2.24) is 0 Å². The van der Waals surface area contributed by atoms with Crippen LogP contribution in [0.15, 0.2) is 40.8 Å². The van der Waals surface area contributed by atoms with E-state index in [1.807, 2.05) is 0 Å². The van der Waals surface area contributed by atoms with E-state index >= 15 is 0 Å². The van der Waals surface area contributed by atoms with E-state index in [9.17, 15) is 14.4 Å². The third-order valence-electron chi connectivity index (χ3n) is 2.74. The largest absolute Gasteiger partial charge is 0.454 e. The Hall–Kier alpha value is -3.09. The molecule has 7 heteroatoms.